The van der Waals surface area contributed by atoms with Gasteiger partial charge in [0, 0.05) is 26.7 Å². The predicted octanol–water partition coefficient (Wildman–Crippen LogP) is 3.21. The lowest BCUT2D eigenvalue weighted by Crippen LogP contribution is -2.45. The van der Waals surface area contributed by atoms with Crippen molar-refractivity contribution in [3.8, 4) is 5.75 Å². The van der Waals surface area contributed by atoms with Crippen LogP contribution in [0.2, 0.25) is 0 Å². The lowest BCUT2D eigenvalue weighted by molar-refractivity contribution is -0.131. The number of nitrogens with one attached hydrogen (secondary N) is 1. The molecule has 0 bridgehead atoms. The van der Waals surface area contributed by atoms with Gasteiger partial charge in [-0.2, -0.15) is 0 Å². The number of carbonyl (C=O) groups excluding carboxylic acids is 1. The lowest BCUT2D eigenvalue weighted by atomic mass is 10.2. The third-order valence-electron chi connectivity index (χ3n) is 3.87. The van der Waals surface area contributed by atoms with Gasteiger partial charge in [0.2, 0.25) is 5.91 Å². The third-order valence-corrected chi connectivity index (χ3v) is 3.87. The number of halogens is 3. The zero-order chi connectivity index (χ0) is 20.2. The summed E-state index contributed by atoms with van der Waals surface area (Å²) in [5.74, 6) is 1.03. The Labute approximate surface area is 183 Å². The SMILES string of the molecule is CCNC(=NCc1cccc(OCC(F)F)c1)N(C)CC(=O)N(CC)CC.I. The molecule has 1 amide bonds. The summed E-state index contributed by atoms with van der Waals surface area (Å²) in [6.07, 6.45) is -2.51. The molecule has 0 aliphatic rings. The van der Waals surface area contributed by atoms with Gasteiger partial charge in [-0.05, 0) is 38.5 Å². The molecule has 1 aromatic rings. The second-order valence-electron chi connectivity index (χ2n) is 5.94. The van der Waals surface area contributed by atoms with Crippen molar-refractivity contribution in [1.29, 1.82) is 0 Å². The molecule has 0 saturated heterocycles. The third kappa shape index (κ3) is 9.52. The summed E-state index contributed by atoms with van der Waals surface area (Å²) in [4.78, 5) is 20.4. The van der Waals surface area contributed by atoms with Crippen LogP contribution in [-0.2, 0) is 11.3 Å². The summed E-state index contributed by atoms with van der Waals surface area (Å²) in [7, 11) is 1.81. The van der Waals surface area contributed by atoms with E-state index in [1.807, 2.05) is 33.9 Å². The molecular weight excluding hydrogens is 481 g/mol. The molecule has 0 unspecified atom stereocenters. The summed E-state index contributed by atoms with van der Waals surface area (Å²) >= 11 is 0. The van der Waals surface area contributed by atoms with E-state index in [2.05, 4.69) is 10.3 Å². The molecule has 0 fully saturated rings. The quantitative estimate of drug-likeness (QED) is 0.297. The standard InChI is InChI=1S/C19H30F2N4O2.HI/c1-5-22-19(24(4)13-18(26)25(6-2)7-3)23-12-15-9-8-10-16(11-15)27-14-17(20)21;/h8-11,17H,5-7,12-14H2,1-4H3,(H,22,23);1H. The van der Waals surface area contributed by atoms with Crippen molar-refractivity contribution in [2.24, 2.45) is 4.99 Å². The van der Waals surface area contributed by atoms with Crippen molar-refractivity contribution in [2.45, 2.75) is 33.7 Å². The monoisotopic (exact) mass is 512 g/mol. The molecule has 160 valence electrons. The molecule has 0 heterocycles. The number of amides is 1. The molecule has 1 aromatic carbocycles. The molecule has 0 aromatic heterocycles. The van der Waals surface area contributed by atoms with E-state index in [0.29, 0.717) is 37.9 Å². The van der Waals surface area contributed by atoms with Crippen LogP contribution in [0.1, 0.15) is 26.3 Å². The molecule has 6 nitrogen and oxygen atoms in total. The van der Waals surface area contributed by atoms with E-state index < -0.39 is 13.0 Å². The Morgan fingerprint density at radius 2 is 1.93 bits per heavy atom. The summed E-state index contributed by atoms with van der Waals surface area (Å²) < 4.78 is 29.6. The van der Waals surface area contributed by atoms with E-state index in [4.69, 9.17) is 4.74 Å². The largest absolute Gasteiger partial charge is 0.488 e. The summed E-state index contributed by atoms with van der Waals surface area (Å²) in [6, 6.07) is 6.92. The Morgan fingerprint density at radius 1 is 1.25 bits per heavy atom. The number of benzene rings is 1. The zero-order valence-electron chi connectivity index (χ0n) is 17.0. The van der Waals surface area contributed by atoms with Crippen LogP contribution in [0.4, 0.5) is 8.78 Å². The second-order valence-corrected chi connectivity index (χ2v) is 5.94. The first-order valence-corrected chi connectivity index (χ1v) is 9.18. The van der Waals surface area contributed by atoms with Crippen molar-refractivity contribution in [3.05, 3.63) is 29.8 Å². The average Bonchev–Trinajstić information content (AvgIpc) is 2.64. The van der Waals surface area contributed by atoms with E-state index in [1.165, 1.54) is 0 Å². The van der Waals surface area contributed by atoms with Gasteiger partial charge >= 0.3 is 0 Å². The first-order chi connectivity index (χ1) is 12.9. The fourth-order valence-electron chi connectivity index (χ4n) is 2.48. The molecule has 1 N–H and O–H groups in total. The highest BCUT2D eigenvalue weighted by Crippen LogP contribution is 2.15. The van der Waals surface area contributed by atoms with E-state index in [1.54, 1.807) is 28.0 Å². The van der Waals surface area contributed by atoms with E-state index in [-0.39, 0.29) is 36.4 Å². The highest BCUT2D eigenvalue weighted by atomic mass is 127. The fraction of sp³-hybridized carbons (Fsp3) is 0.579. The van der Waals surface area contributed by atoms with Gasteiger partial charge < -0.3 is 19.9 Å². The van der Waals surface area contributed by atoms with E-state index in [0.717, 1.165) is 5.56 Å². The Balaban J connectivity index is 0.00000729. The van der Waals surface area contributed by atoms with Gasteiger partial charge in [0.25, 0.3) is 6.43 Å². The van der Waals surface area contributed by atoms with Crippen LogP contribution in [-0.4, -0.2) is 67.9 Å². The molecule has 0 aliphatic heterocycles. The average molecular weight is 512 g/mol. The van der Waals surface area contributed by atoms with Crippen LogP contribution in [0, 0.1) is 0 Å². The van der Waals surface area contributed by atoms with Crippen LogP contribution in [0.5, 0.6) is 5.75 Å². The Hall–Kier alpha value is -1.65. The van der Waals surface area contributed by atoms with Crippen molar-refractivity contribution in [2.75, 3.05) is 39.8 Å². The number of aliphatic imine (C=N–C) groups is 1. The Bertz CT molecular complexity index is 613. The second kappa shape index (κ2) is 14.4. The summed E-state index contributed by atoms with van der Waals surface area (Å²) in [5, 5.41) is 3.16. The molecule has 0 spiro atoms. The predicted molar refractivity (Wildman–Crippen MR) is 119 cm³/mol. The number of hydrogen-bond donors (Lipinski definition) is 1. The smallest absolute Gasteiger partial charge is 0.272 e. The van der Waals surface area contributed by atoms with Gasteiger partial charge in [0.05, 0.1) is 13.1 Å². The molecule has 0 atom stereocenters. The number of likely N-dealkylation sites (N-methyl/N-ethyl adjacent to an activating group) is 2. The van der Waals surface area contributed by atoms with Crippen molar-refractivity contribution < 1.29 is 18.3 Å². The normalized spacial score (nSPS) is 11.0. The highest BCUT2D eigenvalue weighted by Gasteiger charge is 2.15. The molecule has 28 heavy (non-hydrogen) atoms. The van der Waals surface area contributed by atoms with Crippen molar-refractivity contribution >= 4 is 35.8 Å². The minimum atomic E-state index is -2.51. The first kappa shape index (κ1) is 26.3. The minimum absolute atomic E-state index is 0. The van der Waals surface area contributed by atoms with Gasteiger partial charge in [-0.25, -0.2) is 13.8 Å². The molecule has 1 rings (SSSR count). The number of nitrogens with zero attached hydrogens (tertiary/aromatic N) is 3. The van der Waals surface area contributed by atoms with Gasteiger partial charge in [-0.3, -0.25) is 4.79 Å². The maximum Gasteiger partial charge on any atom is 0.272 e. The maximum absolute atomic E-state index is 12.3. The number of guanidine groups is 1. The number of rotatable bonds is 10. The molecule has 0 radical (unpaired) electrons. The van der Waals surface area contributed by atoms with Crippen LogP contribution < -0.4 is 10.1 Å². The zero-order valence-corrected chi connectivity index (χ0v) is 19.3. The van der Waals surface area contributed by atoms with Gasteiger partial charge in [-0.15, -0.1) is 24.0 Å². The van der Waals surface area contributed by atoms with E-state index in [9.17, 15) is 13.6 Å². The van der Waals surface area contributed by atoms with Gasteiger partial charge in [0.15, 0.2) is 5.96 Å². The summed E-state index contributed by atoms with van der Waals surface area (Å²) in [6.45, 7) is 7.79. The van der Waals surface area contributed by atoms with E-state index >= 15 is 0 Å². The number of carbonyl (C=O) groups is 1. The topological polar surface area (TPSA) is 57.2 Å². The number of ether oxygens (including phenoxy) is 1. The minimum Gasteiger partial charge on any atom is -0.488 e. The van der Waals surface area contributed by atoms with Crippen LogP contribution in [0.15, 0.2) is 29.3 Å². The Morgan fingerprint density at radius 3 is 2.50 bits per heavy atom. The highest BCUT2D eigenvalue weighted by molar-refractivity contribution is 14.0. The molecule has 0 saturated carbocycles. The van der Waals surface area contributed by atoms with Gasteiger partial charge in [-0.1, -0.05) is 12.1 Å². The molecule has 0 aliphatic carbocycles. The van der Waals surface area contributed by atoms with Crippen LogP contribution >= 0.6 is 24.0 Å². The lowest BCUT2D eigenvalue weighted by Gasteiger charge is -2.25. The Kier molecular flexibility index (Phi) is 13.5. The van der Waals surface area contributed by atoms with Crippen LogP contribution in [0.25, 0.3) is 0 Å². The molecule has 9 heteroatoms. The van der Waals surface area contributed by atoms with Crippen molar-refractivity contribution in [3.63, 3.8) is 0 Å². The molecular formula is C19H31F2IN4O2. The van der Waals surface area contributed by atoms with Gasteiger partial charge in [0.1, 0.15) is 12.4 Å². The van der Waals surface area contributed by atoms with Crippen LogP contribution in [0.3, 0.4) is 0 Å². The fourth-order valence-corrected chi connectivity index (χ4v) is 2.48. The maximum atomic E-state index is 12.3. The first-order valence-electron chi connectivity index (χ1n) is 9.18. The number of alkyl halides is 2. The summed E-state index contributed by atoms with van der Waals surface area (Å²) in [5.41, 5.74) is 0.834. The number of hydrogen-bond acceptors (Lipinski definition) is 3. The van der Waals surface area contributed by atoms with Crippen molar-refractivity contribution in [1.82, 2.24) is 15.1 Å².